The topological polar surface area (TPSA) is 78.6 Å². The van der Waals surface area contributed by atoms with Gasteiger partial charge in [-0.15, -0.1) is 0 Å². The number of carbonyl (C=O) groups is 1. The number of hydrogen-bond donors (Lipinski definition) is 2. The van der Waals surface area contributed by atoms with Crippen LogP contribution in [0.4, 0.5) is 0 Å². The zero-order valence-corrected chi connectivity index (χ0v) is 17.6. The molecule has 2 N–H and O–H groups in total. The lowest BCUT2D eigenvalue weighted by Crippen LogP contribution is -2.30. The van der Waals surface area contributed by atoms with Gasteiger partial charge in [-0.1, -0.05) is 19.1 Å². The standard InChI is InChI=1S/C23H23N3O3S/c1-3-12-26-21(20(25-23(26)30)17-6-4-5-11-24-17)19-10-9-18(29-19)16-8-7-15(22(27)28)13-14(16)2/h4-11,13,20-21H,3,12H2,1-2H3,(H,25,30)(H,27,28)/t20-,21-/m1/s1. The Hall–Kier alpha value is -3.19. The fraction of sp³-hybridized carbons (Fsp3) is 0.261. The van der Waals surface area contributed by atoms with E-state index in [0.29, 0.717) is 10.9 Å². The Morgan fingerprint density at radius 2 is 2.10 bits per heavy atom. The molecule has 1 aliphatic heterocycles. The van der Waals surface area contributed by atoms with Crippen molar-refractivity contribution < 1.29 is 14.3 Å². The maximum absolute atomic E-state index is 11.2. The lowest BCUT2D eigenvalue weighted by molar-refractivity contribution is 0.0697. The van der Waals surface area contributed by atoms with Gasteiger partial charge in [0, 0.05) is 18.3 Å². The molecular weight excluding hydrogens is 398 g/mol. The number of rotatable bonds is 6. The van der Waals surface area contributed by atoms with Gasteiger partial charge in [0.2, 0.25) is 0 Å². The van der Waals surface area contributed by atoms with Crippen molar-refractivity contribution in [3.05, 3.63) is 77.3 Å². The summed E-state index contributed by atoms with van der Waals surface area (Å²) >= 11 is 5.61. The molecule has 0 radical (unpaired) electrons. The minimum atomic E-state index is -0.941. The van der Waals surface area contributed by atoms with Crippen molar-refractivity contribution in [1.82, 2.24) is 15.2 Å². The maximum atomic E-state index is 11.2. The number of hydrogen-bond acceptors (Lipinski definition) is 4. The number of aryl methyl sites for hydroxylation is 1. The molecule has 6 nitrogen and oxygen atoms in total. The van der Waals surface area contributed by atoms with E-state index in [1.807, 2.05) is 37.3 Å². The van der Waals surface area contributed by atoms with Crippen molar-refractivity contribution in [3.63, 3.8) is 0 Å². The van der Waals surface area contributed by atoms with Gasteiger partial charge in [-0.25, -0.2) is 4.79 Å². The van der Waals surface area contributed by atoms with Crippen LogP contribution in [0.3, 0.4) is 0 Å². The summed E-state index contributed by atoms with van der Waals surface area (Å²) in [5, 5.41) is 13.3. The molecule has 1 aromatic carbocycles. The van der Waals surface area contributed by atoms with Crippen LogP contribution in [-0.4, -0.2) is 32.6 Å². The molecule has 2 atom stereocenters. The number of aromatic nitrogens is 1. The van der Waals surface area contributed by atoms with Gasteiger partial charge < -0.3 is 19.7 Å². The zero-order valence-electron chi connectivity index (χ0n) is 16.8. The van der Waals surface area contributed by atoms with Crippen molar-refractivity contribution in [1.29, 1.82) is 0 Å². The molecule has 0 amide bonds. The first-order valence-corrected chi connectivity index (χ1v) is 10.3. The maximum Gasteiger partial charge on any atom is 0.335 e. The molecule has 1 saturated heterocycles. The highest BCUT2D eigenvalue weighted by atomic mass is 32.1. The van der Waals surface area contributed by atoms with Crippen molar-refractivity contribution in [2.75, 3.05) is 6.54 Å². The van der Waals surface area contributed by atoms with Crippen LogP contribution in [-0.2, 0) is 0 Å². The molecule has 4 rings (SSSR count). The van der Waals surface area contributed by atoms with Crippen molar-refractivity contribution >= 4 is 23.3 Å². The third-order valence-electron chi connectivity index (χ3n) is 5.32. The molecule has 154 valence electrons. The molecule has 3 heterocycles. The molecule has 0 unspecified atom stereocenters. The van der Waals surface area contributed by atoms with Crippen LogP contribution in [0.15, 0.2) is 59.1 Å². The van der Waals surface area contributed by atoms with Gasteiger partial charge in [0.15, 0.2) is 5.11 Å². The fourth-order valence-corrected chi connectivity index (χ4v) is 4.26. The normalized spacial score (nSPS) is 18.5. The average Bonchev–Trinajstić information content (AvgIpc) is 3.34. The lowest BCUT2D eigenvalue weighted by Gasteiger charge is -2.25. The highest BCUT2D eigenvalue weighted by Crippen LogP contribution is 2.40. The fourth-order valence-electron chi connectivity index (χ4n) is 3.93. The molecule has 0 bridgehead atoms. The number of nitrogens with one attached hydrogen (secondary N) is 1. The summed E-state index contributed by atoms with van der Waals surface area (Å²) in [7, 11) is 0. The summed E-state index contributed by atoms with van der Waals surface area (Å²) < 4.78 is 6.29. The SMILES string of the molecule is CCCN1C(=S)N[C@H](c2ccccn2)[C@H]1c1ccc(-c2ccc(C(=O)O)cc2C)o1. The highest BCUT2D eigenvalue weighted by Gasteiger charge is 2.41. The summed E-state index contributed by atoms with van der Waals surface area (Å²) in [4.78, 5) is 17.9. The Labute approximate surface area is 180 Å². The molecular formula is C23H23N3O3S. The Morgan fingerprint density at radius 1 is 1.27 bits per heavy atom. The van der Waals surface area contributed by atoms with Gasteiger partial charge in [0.1, 0.15) is 17.6 Å². The number of pyridine rings is 1. The van der Waals surface area contributed by atoms with E-state index in [1.54, 1.807) is 24.4 Å². The number of benzene rings is 1. The minimum absolute atomic E-state index is 0.111. The first kappa shape index (κ1) is 20.1. The van der Waals surface area contributed by atoms with Crippen molar-refractivity contribution in [3.8, 4) is 11.3 Å². The van der Waals surface area contributed by atoms with Gasteiger partial charge in [-0.05, 0) is 67.5 Å². The quantitative estimate of drug-likeness (QED) is 0.557. The number of carboxylic acids is 1. The number of thiocarbonyl (C=S) groups is 1. The predicted octanol–water partition coefficient (Wildman–Crippen LogP) is 4.73. The van der Waals surface area contributed by atoms with E-state index in [0.717, 1.165) is 35.5 Å². The predicted molar refractivity (Wildman–Crippen MR) is 118 cm³/mol. The molecule has 0 saturated carbocycles. The second-order valence-electron chi connectivity index (χ2n) is 7.36. The monoisotopic (exact) mass is 421 g/mol. The molecule has 2 aromatic heterocycles. The Balaban J connectivity index is 1.72. The molecule has 3 aromatic rings. The summed E-state index contributed by atoms with van der Waals surface area (Å²) in [6, 6.07) is 14.6. The van der Waals surface area contributed by atoms with E-state index < -0.39 is 5.97 Å². The molecule has 30 heavy (non-hydrogen) atoms. The summed E-state index contributed by atoms with van der Waals surface area (Å²) in [6.07, 6.45) is 2.73. The van der Waals surface area contributed by atoms with E-state index in [2.05, 4.69) is 22.1 Å². The van der Waals surface area contributed by atoms with E-state index in [9.17, 15) is 9.90 Å². The van der Waals surface area contributed by atoms with Gasteiger partial charge in [0.25, 0.3) is 0 Å². The van der Waals surface area contributed by atoms with Gasteiger partial charge in [-0.3, -0.25) is 4.98 Å². The van der Waals surface area contributed by atoms with Crippen LogP contribution < -0.4 is 5.32 Å². The average molecular weight is 422 g/mol. The van der Waals surface area contributed by atoms with Gasteiger partial charge in [0.05, 0.1) is 17.3 Å². The van der Waals surface area contributed by atoms with E-state index in [1.165, 1.54) is 0 Å². The van der Waals surface area contributed by atoms with E-state index in [-0.39, 0.29) is 17.6 Å². The number of carboxylic acid groups (broad SMARTS) is 1. The zero-order chi connectivity index (χ0) is 21.3. The minimum Gasteiger partial charge on any atom is -0.478 e. The second-order valence-corrected chi connectivity index (χ2v) is 7.74. The van der Waals surface area contributed by atoms with Crippen LogP contribution in [0.5, 0.6) is 0 Å². The van der Waals surface area contributed by atoms with Crippen LogP contribution >= 0.6 is 12.2 Å². The molecule has 1 fully saturated rings. The Kier molecular flexibility index (Phi) is 5.55. The van der Waals surface area contributed by atoms with Crippen LogP contribution in [0, 0.1) is 6.92 Å². The third-order valence-corrected chi connectivity index (χ3v) is 5.67. The van der Waals surface area contributed by atoms with Crippen LogP contribution in [0.25, 0.3) is 11.3 Å². The first-order chi connectivity index (χ1) is 14.5. The largest absolute Gasteiger partial charge is 0.478 e. The lowest BCUT2D eigenvalue weighted by atomic mass is 10.0. The molecule has 7 heteroatoms. The third kappa shape index (κ3) is 3.68. The smallest absolute Gasteiger partial charge is 0.335 e. The second kappa shape index (κ2) is 8.28. The van der Waals surface area contributed by atoms with E-state index in [4.69, 9.17) is 16.6 Å². The Bertz CT molecular complexity index is 1080. The molecule has 0 spiro atoms. The molecule has 1 aliphatic rings. The number of nitrogens with zero attached hydrogens (tertiary/aromatic N) is 2. The summed E-state index contributed by atoms with van der Waals surface area (Å²) in [6.45, 7) is 4.81. The summed E-state index contributed by atoms with van der Waals surface area (Å²) in [5.74, 6) is 0.556. The number of aromatic carboxylic acids is 1. The van der Waals surface area contributed by atoms with Crippen LogP contribution in [0.1, 0.15) is 52.8 Å². The van der Waals surface area contributed by atoms with E-state index >= 15 is 0 Å². The first-order valence-electron chi connectivity index (χ1n) is 9.91. The summed E-state index contributed by atoms with van der Waals surface area (Å²) in [5.41, 5.74) is 2.89. The van der Waals surface area contributed by atoms with Crippen molar-refractivity contribution in [2.45, 2.75) is 32.4 Å². The van der Waals surface area contributed by atoms with Crippen molar-refractivity contribution in [2.24, 2.45) is 0 Å². The highest BCUT2D eigenvalue weighted by molar-refractivity contribution is 7.80. The molecule has 0 aliphatic carbocycles. The number of furan rings is 1. The Morgan fingerprint density at radius 3 is 2.77 bits per heavy atom. The van der Waals surface area contributed by atoms with Crippen LogP contribution in [0.2, 0.25) is 0 Å². The van der Waals surface area contributed by atoms with Gasteiger partial charge in [-0.2, -0.15) is 0 Å². The van der Waals surface area contributed by atoms with Gasteiger partial charge >= 0.3 is 5.97 Å².